The summed E-state index contributed by atoms with van der Waals surface area (Å²) in [6.45, 7) is 4.11. The van der Waals surface area contributed by atoms with Gasteiger partial charge in [-0.1, -0.05) is 11.2 Å². The van der Waals surface area contributed by atoms with Crippen LogP contribution < -0.4 is 0 Å². The lowest BCUT2D eigenvalue weighted by Crippen LogP contribution is -2.47. The maximum atomic E-state index is 12.6. The molecule has 0 aliphatic carbocycles. The zero-order chi connectivity index (χ0) is 14.5. The van der Waals surface area contributed by atoms with Gasteiger partial charge in [0.25, 0.3) is 0 Å². The molecule has 6 heteroatoms. The van der Waals surface area contributed by atoms with Crippen LogP contribution in [0.15, 0.2) is 17.4 Å². The molecule has 2 heterocycles. The molecule has 0 spiro atoms. The highest BCUT2D eigenvalue weighted by Crippen LogP contribution is 2.29. The minimum Gasteiger partial charge on any atom is -0.411 e. The van der Waals surface area contributed by atoms with Crippen LogP contribution in [0.4, 0.5) is 0 Å². The van der Waals surface area contributed by atoms with E-state index >= 15 is 0 Å². The molecule has 2 aliphatic rings. The van der Waals surface area contributed by atoms with E-state index in [1.165, 1.54) is 0 Å². The monoisotopic (exact) mass is 299 g/mol. The Hall–Kier alpha value is -1.23. The van der Waals surface area contributed by atoms with Crippen molar-refractivity contribution in [3.8, 4) is 0 Å². The molecule has 2 atom stereocenters. The number of carbonyl (C=O) groups is 1. The first-order valence-electron chi connectivity index (χ1n) is 7.22. The fourth-order valence-electron chi connectivity index (χ4n) is 2.94. The summed E-state index contributed by atoms with van der Waals surface area (Å²) in [5.41, 5.74) is 0.704. The molecule has 0 aromatic carbocycles. The summed E-state index contributed by atoms with van der Waals surface area (Å²) in [4.78, 5) is 16.6. The second kappa shape index (κ2) is 6.97. The Bertz CT molecular complexity index is 411. The lowest BCUT2D eigenvalue weighted by atomic mass is 9.95. The molecule has 1 saturated heterocycles. The SMILES string of the molecule is CCN1CC/C(=N/O)C2C=CN(CCCCCl)C2C1=O. The third-order valence-corrected chi connectivity index (χ3v) is 4.35. The van der Waals surface area contributed by atoms with Gasteiger partial charge in [-0.25, -0.2) is 0 Å². The van der Waals surface area contributed by atoms with E-state index in [-0.39, 0.29) is 17.9 Å². The first-order chi connectivity index (χ1) is 9.72. The van der Waals surface area contributed by atoms with E-state index in [1.54, 1.807) is 0 Å². The summed E-state index contributed by atoms with van der Waals surface area (Å²) >= 11 is 5.71. The third-order valence-electron chi connectivity index (χ3n) is 4.08. The number of fused-ring (bicyclic) bond motifs is 1. The average Bonchev–Trinajstić information content (AvgIpc) is 2.81. The van der Waals surface area contributed by atoms with Crippen LogP contribution in [0.3, 0.4) is 0 Å². The predicted octanol–water partition coefficient (Wildman–Crippen LogP) is 1.90. The first kappa shape index (κ1) is 15.2. The van der Waals surface area contributed by atoms with Crippen molar-refractivity contribution in [2.75, 3.05) is 25.5 Å². The molecule has 20 heavy (non-hydrogen) atoms. The standard InChI is InChI=1S/C14H22ClN3O2/c1-2-17-10-6-12(16-20)11-5-9-18(8-4-3-7-15)13(11)14(17)19/h5,9,11,13,20H,2-4,6-8,10H2,1H3/b16-12-. The quantitative estimate of drug-likeness (QED) is 0.365. The Morgan fingerprint density at radius 1 is 1.50 bits per heavy atom. The normalized spacial score (nSPS) is 28.1. The van der Waals surface area contributed by atoms with Crippen molar-refractivity contribution < 1.29 is 10.0 Å². The number of hydrogen-bond donors (Lipinski definition) is 1. The molecule has 112 valence electrons. The average molecular weight is 300 g/mol. The zero-order valence-electron chi connectivity index (χ0n) is 11.8. The number of unbranched alkanes of at least 4 members (excludes halogenated alkanes) is 1. The van der Waals surface area contributed by atoms with E-state index < -0.39 is 0 Å². The first-order valence-corrected chi connectivity index (χ1v) is 7.76. The maximum absolute atomic E-state index is 12.6. The molecule has 1 N–H and O–H groups in total. The Balaban J connectivity index is 2.16. The molecule has 0 radical (unpaired) electrons. The highest BCUT2D eigenvalue weighted by Gasteiger charge is 2.42. The summed E-state index contributed by atoms with van der Waals surface area (Å²) in [7, 11) is 0. The second-order valence-electron chi connectivity index (χ2n) is 5.21. The summed E-state index contributed by atoms with van der Waals surface area (Å²) in [6, 6.07) is -0.251. The van der Waals surface area contributed by atoms with Crippen LogP contribution in [0, 0.1) is 5.92 Å². The molecular weight excluding hydrogens is 278 g/mol. The Morgan fingerprint density at radius 2 is 2.30 bits per heavy atom. The van der Waals surface area contributed by atoms with Crippen LogP contribution in [0.1, 0.15) is 26.2 Å². The van der Waals surface area contributed by atoms with Gasteiger partial charge in [0.1, 0.15) is 6.04 Å². The Kier molecular flexibility index (Phi) is 5.29. The van der Waals surface area contributed by atoms with Gasteiger partial charge in [-0.05, 0) is 26.0 Å². The smallest absolute Gasteiger partial charge is 0.246 e. The van der Waals surface area contributed by atoms with Gasteiger partial charge >= 0.3 is 0 Å². The Labute approximate surface area is 124 Å². The number of likely N-dealkylation sites (tertiary alicyclic amines) is 1. The summed E-state index contributed by atoms with van der Waals surface area (Å²) in [5, 5.41) is 12.6. The van der Waals surface area contributed by atoms with Crippen molar-refractivity contribution in [2.24, 2.45) is 11.1 Å². The maximum Gasteiger partial charge on any atom is 0.246 e. The number of rotatable bonds is 5. The Morgan fingerprint density at radius 3 is 2.95 bits per heavy atom. The molecule has 0 aromatic heterocycles. The van der Waals surface area contributed by atoms with Crippen LogP contribution in [-0.2, 0) is 4.79 Å². The van der Waals surface area contributed by atoms with Gasteiger partial charge in [-0.3, -0.25) is 4.79 Å². The highest BCUT2D eigenvalue weighted by molar-refractivity contribution is 6.17. The number of hydrogen-bond acceptors (Lipinski definition) is 4. The van der Waals surface area contributed by atoms with Crippen LogP contribution in [0.25, 0.3) is 0 Å². The number of nitrogens with zero attached hydrogens (tertiary/aromatic N) is 3. The van der Waals surface area contributed by atoms with Crippen LogP contribution in [0.5, 0.6) is 0 Å². The van der Waals surface area contributed by atoms with Gasteiger partial charge in [0, 0.05) is 37.9 Å². The second-order valence-corrected chi connectivity index (χ2v) is 5.58. The van der Waals surface area contributed by atoms with Gasteiger partial charge in [0.05, 0.1) is 5.71 Å². The van der Waals surface area contributed by atoms with Crippen molar-refractivity contribution in [1.82, 2.24) is 9.80 Å². The van der Waals surface area contributed by atoms with E-state index in [4.69, 9.17) is 11.6 Å². The topological polar surface area (TPSA) is 56.1 Å². The molecule has 2 unspecified atom stereocenters. The van der Waals surface area contributed by atoms with E-state index in [1.807, 2.05) is 24.1 Å². The van der Waals surface area contributed by atoms with Crippen molar-refractivity contribution in [3.05, 3.63) is 12.3 Å². The number of alkyl halides is 1. The molecule has 1 amide bonds. The lowest BCUT2D eigenvalue weighted by molar-refractivity contribution is -0.135. The highest BCUT2D eigenvalue weighted by atomic mass is 35.5. The van der Waals surface area contributed by atoms with Gasteiger partial charge in [-0.15, -0.1) is 11.6 Å². The van der Waals surface area contributed by atoms with E-state index in [9.17, 15) is 10.0 Å². The molecule has 2 aliphatic heterocycles. The molecule has 0 bridgehead atoms. The van der Waals surface area contributed by atoms with Crippen LogP contribution in [-0.4, -0.2) is 58.2 Å². The minimum atomic E-state index is -0.251. The van der Waals surface area contributed by atoms with E-state index in [0.717, 1.165) is 19.4 Å². The number of halogens is 1. The van der Waals surface area contributed by atoms with Gasteiger partial charge in [0.15, 0.2) is 0 Å². The third kappa shape index (κ3) is 2.92. The molecule has 2 rings (SSSR count). The van der Waals surface area contributed by atoms with E-state index in [0.29, 0.717) is 31.1 Å². The molecule has 1 fully saturated rings. The zero-order valence-corrected chi connectivity index (χ0v) is 12.6. The summed E-state index contributed by atoms with van der Waals surface area (Å²) in [6.07, 6.45) is 6.48. The summed E-state index contributed by atoms with van der Waals surface area (Å²) < 4.78 is 0. The predicted molar refractivity (Wildman–Crippen MR) is 79.2 cm³/mol. The fraction of sp³-hybridized carbons (Fsp3) is 0.714. The van der Waals surface area contributed by atoms with Crippen molar-refractivity contribution in [2.45, 2.75) is 32.2 Å². The van der Waals surface area contributed by atoms with Gasteiger partial charge in [-0.2, -0.15) is 0 Å². The number of likely N-dealkylation sites (N-methyl/N-ethyl adjacent to an activating group) is 1. The largest absolute Gasteiger partial charge is 0.411 e. The van der Waals surface area contributed by atoms with E-state index in [2.05, 4.69) is 10.1 Å². The summed E-state index contributed by atoms with van der Waals surface area (Å²) in [5.74, 6) is 0.677. The van der Waals surface area contributed by atoms with Gasteiger partial charge < -0.3 is 15.0 Å². The van der Waals surface area contributed by atoms with Gasteiger partial charge in [0.2, 0.25) is 5.91 Å². The lowest BCUT2D eigenvalue weighted by Gasteiger charge is -2.30. The number of amides is 1. The van der Waals surface area contributed by atoms with Crippen molar-refractivity contribution in [1.29, 1.82) is 0 Å². The fourth-order valence-corrected chi connectivity index (χ4v) is 3.13. The van der Waals surface area contributed by atoms with Crippen molar-refractivity contribution >= 4 is 23.2 Å². The molecule has 0 saturated carbocycles. The molecular formula is C14H22ClN3O2. The van der Waals surface area contributed by atoms with Crippen LogP contribution in [0.2, 0.25) is 0 Å². The number of oxime groups is 1. The molecule has 5 nitrogen and oxygen atoms in total. The van der Waals surface area contributed by atoms with Crippen LogP contribution >= 0.6 is 11.6 Å². The molecule has 0 aromatic rings. The van der Waals surface area contributed by atoms with Crippen molar-refractivity contribution in [3.63, 3.8) is 0 Å². The number of carbonyl (C=O) groups excluding carboxylic acids is 1. The minimum absolute atomic E-state index is 0.0972.